The van der Waals surface area contributed by atoms with Crippen molar-refractivity contribution in [2.45, 2.75) is 0 Å². The number of halogens is 1. The summed E-state index contributed by atoms with van der Waals surface area (Å²) in [6.45, 7) is 3.73. The van der Waals surface area contributed by atoms with Crippen LogP contribution in [0.5, 0.6) is 0 Å². The minimum absolute atomic E-state index is 0.543. The van der Waals surface area contributed by atoms with E-state index in [-0.39, 0.29) is 0 Å². The molecule has 1 heterocycles. The summed E-state index contributed by atoms with van der Waals surface area (Å²) in [5.74, 6) is 0. The molecular formula is C11H8ClN. The van der Waals surface area contributed by atoms with Crippen molar-refractivity contribution in [3.63, 3.8) is 0 Å². The van der Waals surface area contributed by atoms with Gasteiger partial charge in [-0.15, -0.1) is 0 Å². The normalized spacial score (nSPS) is 10.2. The average molecular weight is 190 g/mol. The van der Waals surface area contributed by atoms with Gasteiger partial charge in [0.15, 0.2) is 0 Å². The first-order valence-electron chi connectivity index (χ1n) is 3.98. The quantitative estimate of drug-likeness (QED) is 0.626. The van der Waals surface area contributed by atoms with Crippen LogP contribution in [-0.2, 0) is 0 Å². The molecule has 0 amide bonds. The summed E-state index contributed by atoms with van der Waals surface area (Å²) in [4.78, 5) is 4.07. The lowest BCUT2D eigenvalue weighted by Crippen LogP contribution is -1.82. The van der Waals surface area contributed by atoms with Crippen LogP contribution >= 0.6 is 11.6 Å². The fourth-order valence-corrected chi connectivity index (χ4v) is 1.56. The highest BCUT2D eigenvalue weighted by Gasteiger charge is 2.01. The lowest BCUT2D eigenvalue weighted by Gasteiger charge is -2.02. The second kappa shape index (κ2) is 3.19. The van der Waals surface area contributed by atoms with E-state index in [4.69, 9.17) is 11.6 Å². The number of aromatic nitrogens is 1. The number of hydrogen-bond donors (Lipinski definition) is 0. The zero-order valence-corrected chi connectivity index (χ0v) is 7.75. The van der Waals surface area contributed by atoms with Crippen LogP contribution < -0.4 is 0 Å². The number of benzene rings is 1. The molecule has 0 saturated carbocycles. The van der Waals surface area contributed by atoms with Crippen LogP contribution in [0, 0.1) is 0 Å². The van der Waals surface area contributed by atoms with E-state index in [9.17, 15) is 0 Å². The van der Waals surface area contributed by atoms with Crippen molar-refractivity contribution in [3.05, 3.63) is 47.8 Å². The summed E-state index contributed by atoms with van der Waals surface area (Å²) in [7, 11) is 0. The molecule has 0 spiro atoms. The van der Waals surface area contributed by atoms with Crippen molar-refractivity contribution in [2.24, 2.45) is 0 Å². The Labute approximate surface area is 81.7 Å². The lowest BCUT2D eigenvalue weighted by molar-refractivity contribution is 1.35. The van der Waals surface area contributed by atoms with E-state index < -0.39 is 0 Å². The first-order chi connectivity index (χ1) is 6.33. The maximum absolute atomic E-state index is 5.94. The number of pyridine rings is 1. The van der Waals surface area contributed by atoms with Crippen LogP contribution in [0.25, 0.3) is 16.8 Å². The fourth-order valence-electron chi connectivity index (χ4n) is 1.34. The fraction of sp³-hybridized carbons (Fsp3) is 0. The van der Waals surface area contributed by atoms with Crippen molar-refractivity contribution in [1.82, 2.24) is 4.98 Å². The molecule has 0 unspecified atom stereocenters. The van der Waals surface area contributed by atoms with E-state index in [0.717, 1.165) is 16.3 Å². The van der Waals surface area contributed by atoms with Crippen LogP contribution in [0.15, 0.2) is 37.0 Å². The van der Waals surface area contributed by atoms with Crippen LogP contribution in [0.3, 0.4) is 0 Å². The van der Waals surface area contributed by atoms with Crippen molar-refractivity contribution in [3.8, 4) is 0 Å². The maximum Gasteiger partial charge on any atom is 0.136 e. The van der Waals surface area contributed by atoms with Gasteiger partial charge in [0.05, 0.1) is 0 Å². The second-order valence-corrected chi connectivity index (χ2v) is 3.11. The van der Waals surface area contributed by atoms with Crippen LogP contribution in [-0.4, -0.2) is 4.98 Å². The Balaban J connectivity index is 2.92. The first-order valence-corrected chi connectivity index (χ1v) is 4.36. The Hall–Kier alpha value is -1.34. The van der Waals surface area contributed by atoms with Gasteiger partial charge in [0.25, 0.3) is 0 Å². The SMILES string of the molecule is C=Cc1cnc(Cl)c2ccccc12. The molecule has 2 rings (SSSR count). The van der Waals surface area contributed by atoms with Gasteiger partial charge in [0, 0.05) is 17.1 Å². The molecule has 1 nitrogen and oxygen atoms in total. The van der Waals surface area contributed by atoms with Crippen molar-refractivity contribution >= 4 is 28.4 Å². The van der Waals surface area contributed by atoms with E-state index in [1.54, 1.807) is 12.3 Å². The zero-order chi connectivity index (χ0) is 9.26. The van der Waals surface area contributed by atoms with E-state index >= 15 is 0 Å². The summed E-state index contributed by atoms with van der Waals surface area (Å²) >= 11 is 5.94. The first kappa shape index (κ1) is 8.27. The molecule has 1 aromatic heterocycles. The summed E-state index contributed by atoms with van der Waals surface area (Å²) in [6, 6.07) is 7.89. The summed E-state index contributed by atoms with van der Waals surface area (Å²) in [5, 5.41) is 2.61. The number of nitrogens with zero attached hydrogens (tertiary/aromatic N) is 1. The predicted molar refractivity (Wildman–Crippen MR) is 56.8 cm³/mol. The third-order valence-electron chi connectivity index (χ3n) is 2.00. The van der Waals surface area contributed by atoms with Crippen LogP contribution in [0.4, 0.5) is 0 Å². The van der Waals surface area contributed by atoms with Gasteiger partial charge in [-0.2, -0.15) is 0 Å². The Morgan fingerprint density at radius 3 is 2.62 bits per heavy atom. The molecule has 1 aromatic carbocycles. The van der Waals surface area contributed by atoms with E-state index in [2.05, 4.69) is 11.6 Å². The Bertz CT molecular complexity index is 463. The number of hydrogen-bond acceptors (Lipinski definition) is 1. The predicted octanol–water partition coefficient (Wildman–Crippen LogP) is 3.53. The minimum atomic E-state index is 0.543. The molecule has 0 radical (unpaired) electrons. The molecule has 0 aliphatic rings. The highest BCUT2D eigenvalue weighted by molar-refractivity contribution is 6.34. The van der Waals surface area contributed by atoms with Crippen LogP contribution in [0.2, 0.25) is 5.15 Å². The van der Waals surface area contributed by atoms with E-state index in [1.165, 1.54) is 0 Å². The van der Waals surface area contributed by atoms with Crippen molar-refractivity contribution in [2.75, 3.05) is 0 Å². The highest BCUT2D eigenvalue weighted by Crippen LogP contribution is 2.24. The van der Waals surface area contributed by atoms with E-state index in [1.807, 2.05) is 24.3 Å². The molecule has 0 aliphatic carbocycles. The van der Waals surface area contributed by atoms with Gasteiger partial charge in [-0.1, -0.05) is 48.5 Å². The third kappa shape index (κ3) is 1.31. The van der Waals surface area contributed by atoms with E-state index in [0.29, 0.717) is 5.15 Å². The monoisotopic (exact) mass is 189 g/mol. The minimum Gasteiger partial charge on any atom is -0.243 e. The van der Waals surface area contributed by atoms with Crippen molar-refractivity contribution < 1.29 is 0 Å². The smallest absolute Gasteiger partial charge is 0.136 e. The standard InChI is InChI=1S/C11H8ClN/c1-2-8-7-13-11(12)10-6-4-3-5-9(8)10/h2-7H,1H2. The molecule has 0 atom stereocenters. The molecule has 13 heavy (non-hydrogen) atoms. The molecule has 0 bridgehead atoms. The zero-order valence-electron chi connectivity index (χ0n) is 7.00. The summed E-state index contributed by atoms with van der Waals surface area (Å²) in [6.07, 6.45) is 3.52. The van der Waals surface area contributed by atoms with Gasteiger partial charge in [0.1, 0.15) is 5.15 Å². The summed E-state index contributed by atoms with van der Waals surface area (Å²) in [5.41, 5.74) is 1.01. The van der Waals surface area contributed by atoms with Crippen LogP contribution in [0.1, 0.15) is 5.56 Å². The van der Waals surface area contributed by atoms with Gasteiger partial charge in [-0.25, -0.2) is 4.98 Å². The molecule has 0 saturated heterocycles. The average Bonchev–Trinajstić information content (AvgIpc) is 2.19. The number of fused-ring (bicyclic) bond motifs is 1. The summed E-state index contributed by atoms with van der Waals surface area (Å²) < 4.78 is 0. The molecule has 2 aromatic rings. The van der Waals surface area contributed by atoms with Gasteiger partial charge in [-0.05, 0) is 5.39 Å². The molecule has 0 N–H and O–H groups in total. The number of rotatable bonds is 1. The Morgan fingerprint density at radius 1 is 1.23 bits per heavy atom. The molecule has 0 aliphatic heterocycles. The molecule has 0 fully saturated rings. The Morgan fingerprint density at radius 2 is 1.92 bits per heavy atom. The van der Waals surface area contributed by atoms with Gasteiger partial charge >= 0.3 is 0 Å². The maximum atomic E-state index is 5.94. The largest absolute Gasteiger partial charge is 0.243 e. The van der Waals surface area contributed by atoms with Gasteiger partial charge < -0.3 is 0 Å². The van der Waals surface area contributed by atoms with Gasteiger partial charge in [-0.3, -0.25) is 0 Å². The van der Waals surface area contributed by atoms with Crippen molar-refractivity contribution in [1.29, 1.82) is 0 Å². The Kier molecular flexibility index (Phi) is 2.03. The highest BCUT2D eigenvalue weighted by atomic mass is 35.5. The molecule has 64 valence electrons. The second-order valence-electron chi connectivity index (χ2n) is 2.75. The third-order valence-corrected chi connectivity index (χ3v) is 2.30. The lowest BCUT2D eigenvalue weighted by atomic mass is 10.1. The topological polar surface area (TPSA) is 12.9 Å². The van der Waals surface area contributed by atoms with Gasteiger partial charge in [0.2, 0.25) is 0 Å². The molecule has 2 heteroatoms. The molecular weight excluding hydrogens is 182 g/mol.